The molecule has 0 amide bonds. The number of thiazole rings is 1. The second-order valence-corrected chi connectivity index (χ2v) is 6.10. The topological polar surface area (TPSA) is 38.9 Å². The van der Waals surface area contributed by atoms with Gasteiger partial charge in [-0.25, -0.2) is 4.98 Å². The maximum absolute atomic E-state index is 6.55. The minimum absolute atomic E-state index is 0.0183. The SMILES string of the molecule is CC1CCC(C)C(N)(Cc2nccs2)C1. The van der Waals surface area contributed by atoms with Gasteiger partial charge in [0.25, 0.3) is 0 Å². The summed E-state index contributed by atoms with van der Waals surface area (Å²) in [5, 5.41) is 3.23. The van der Waals surface area contributed by atoms with Crippen molar-refractivity contribution >= 4 is 11.3 Å². The number of hydrogen-bond donors (Lipinski definition) is 1. The van der Waals surface area contributed by atoms with Crippen molar-refractivity contribution in [2.45, 2.75) is 45.1 Å². The number of nitrogens with zero attached hydrogens (tertiary/aromatic N) is 1. The molecule has 2 nitrogen and oxygen atoms in total. The summed E-state index contributed by atoms with van der Waals surface area (Å²) < 4.78 is 0. The van der Waals surface area contributed by atoms with Crippen molar-refractivity contribution in [1.82, 2.24) is 4.98 Å². The summed E-state index contributed by atoms with van der Waals surface area (Å²) in [6.45, 7) is 4.61. The van der Waals surface area contributed by atoms with E-state index in [9.17, 15) is 0 Å². The van der Waals surface area contributed by atoms with Gasteiger partial charge in [-0.2, -0.15) is 0 Å². The van der Waals surface area contributed by atoms with Gasteiger partial charge in [-0.15, -0.1) is 11.3 Å². The molecule has 0 aliphatic heterocycles. The van der Waals surface area contributed by atoms with E-state index in [-0.39, 0.29) is 5.54 Å². The Morgan fingerprint density at radius 1 is 1.53 bits per heavy atom. The Balaban J connectivity index is 2.09. The molecule has 1 aromatic heterocycles. The van der Waals surface area contributed by atoms with E-state index in [1.54, 1.807) is 11.3 Å². The quantitative estimate of drug-likeness (QED) is 0.839. The summed E-state index contributed by atoms with van der Waals surface area (Å²) in [5.74, 6) is 1.39. The van der Waals surface area contributed by atoms with E-state index in [1.807, 2.05) is 11.6 Å². The molecular formula is C12H20N2S. The molecule has 0 radical (unpaired) electrons. The van der Waals surface area contributed by atoms with Gasteiger partial charge < -0.3 is 5.73 Å². The van der Waals surface area contributed by atoms with Crippen LogP contribution in [0.4, 0.5) is 0 Å². The second-order valence-electron chi connectivity index (χ2n) is 5.12. The van der Waals surface area contributed by atoms with Crippen molar-refractivity contribution in [3.05, 3.63) is 16.6 Å². The Kier molecular flexibility index (Phi) is 3.12. The lowest BCUT2D eigenvalue weighted by molar-refractivity contribution is 0.161. The third-order valence-corrected chi connectivity index (χ3v) is 4.55. The van der Waals surface area contributed by atoms with E-state index >= 15 is 0 Å². The number of rotatable bonds is 2. The molecule has 3 atom stereocenters. The summed E-state index contributed by atoms with van der Waals surface area (Å²) in [5.41, 5.74) is 6.53. The second kappa shape index (κ2) is 4.22. The summed E-state index contributed by atoms with van der Waals surface area (Å²) in [6, 6.07) is 0. The minimum Gasteiger partial charge on any atom is -0.324 e. The monoisotopic (exact) mass is 224 g/mol. The van der Waals surface area contributed by atoms with E-state index in [4.69, 9.17) is 5.73 Å². The fourth-order valence-electron chi connectivity index (χ4n) is 2.64. The molecule has 1 aliphatic carbocycles. The van der Waals surface area contributed by atoms with Gasteiger partial charge in [0.15, 0.2) is 0 Å². The van der Waals surface area contributed by atoms with E-state index < -0.39 is 0 Å². The van der Waals surface area contributed by atoms with Crippen LogP contribution in [0.15, 0.2) is 11.6 Å². The molecule has 1 saturated carbocycles. The van der Waals surface area contributed by atoms with Crippen molar-refractivity contribution in [3.8, 4) is 0 Å². The number of hydrogen-bond acceptors (Lipinski definition) is 3. The van der Waals surface area contributed by atoms with E-state index in [0.29, 0.717) is 5.92 Å². The fourth-order valence-corrected chi connectivity index (χ4v) is 3.39. The smallest absolute Gasteiger partial charge is 0.0943 e. The Hall–Kier alpha value is -0.410. The summed E-state index contributed by atoms with van der Waals surface area (Å²) in [4.78, 5) is 4.35. The minimum atomic E-state index is -0.0183. The van der Waals surface area contributed by atoms with Gasteiger partial charge in [-0.1, -0.05) is 20.3 Å². The average Bonchev–Trinajstić information content (AvgIpc) is 2.64. The first kappa shape index (κ1) is 11.1. The van der Waals surface area contributed by atoms with Crippen LogP contribution in [0, 0.1) is 11.8 Å². The Morgan fingerprint density at radius 3 is 3.00 bits per heavy atom. The summed E-state index contributed by atoms with van der Waals surface area (Å²) >= 11 is 1.73. The highest BCUT2D eigenvalue weighted by Crippen LogP contribution is 2.37. The van der Waals surface area contributed by atoms with Crippen LogP contribution in [0.3, 0.4) is 0 Å². The van der Waals surface area contributed by atoms with Crippen LogP contribution in [0.1, 0.15) is 38.1 Å². The zero-order valence-corrected chi connectivity index (χ0v) is 10.4. The third-order valence-electron chi connectivity index (χ3n) is 3.77. The molecule has 0 aromatic carbocycles. The van der Waals surface area contributed by atoms with Gasteiger partial charge >= 0.3 is 0 Å². The molecular weight excluding hydrogens is 204 g/mol. The molecule has 15 heavy (non-hydrogen) atoms. The summed E-state index contributed by atoms with van der Waals surface area (Å²) in [6.07, 6.45) is 6.57. The van der Waals surface area contributed by atoms with E-state index in [1.165, 1.54) is 17.8 Å². The Labute approximate surface area is 95.9 Å². The molecule has 0 spiro atoms. The molecule has 0 saturated heterocycles. The predicted octanol–water partition coefficient (Wildman–Crippen LogP) is 2.84. The zero-order valence-electron chi connectivity index (χ0n) is 9.57. The molecule has 1 aliphatic rings. The molecule has 0 bridgehead atoms. The highest BCUT2D eigenvalue weighted by Gasteiger charge is 2.37. The molecule has 3 unspecified atom stereocenters. The van der Waals surface area contributed by atoms with E-state index in [0.717, 1.165) is 18.8 Å². The van der Waals surface area contributed by atoms with Crippen LogP contribution in [0.25, 0.3) is 0 Å². The molecule has 2 rings (SSSR count). The van der Waals surface area contributed by atoms with Crippen molar-refractivity contribution in [1.29, 1.82) is 0 Å². The van der Waals surface area contributed by atoms with Crippen LogP contribution in [0.5, 0.6) is 0 Å². The molecule has 3 heteroatoms. The number of aromatic nitrogens is 1. The third kappa shape index (κ3) is 2.40. The van der Waals surface area contributed by atoms with Crippen molar-refractivity contribution < 1.29 is 0 Å². The maximum atomic E-state index is 6.55. The molecule has 2 N–H and O–H groups in total. The van der Waals surface area contributed by atoms with Gasteiger partial charge in [0.05, 0.1) is 5.01 Å². The Bertz CT molecular complexity index is 309. The first-order valence-corrected chi connectivity index (χ1v) is 6.65. The largest absolute Gasteiger partial charge is 0.324 e. The zero-order chi connectivity index (χ0) is 10.9. The molecule has 1 aromatic rings. The van der Waals surface area contributed by atoms with Crippen LogP contribution in [-0.4, -0.2) is 10.5 Å². The Morgan fingerprint density at radius 2 is 2.33 bits per heavy atom. The molecule has 1 heterocycles. The molecule has 1 fully saturated rings. The van der Waals surface area contributed by atoms with Crippen molar-refractivity contribution in [3.63, 3.8) is 0 Å². The average molecular weight is 224 g/mol. The maximum Gasteiger partial charge on any atom is 0.0943 e. The van der Waals surface area contributed by atoms with Crippen molar-refractivity contribution in [2.24, 2.45) is 17.6 Å². The van der Waals surface area contributed by atoms with Crippen LogP contribution < -0.4 is 5.73 Å². The van der Waals surface area contributed by atoms with Gasteiger partial charge in [-0.3, -0.25) is 0 Å². The van der Waals surface area contributed by atoms with Crippen LogP contribution in [-0.2, 0) is 6.42 Å². The van der Waals surface area contributed by atoms with Crippen LogP contribution in [0.2, 0.25) is 0 Å². The van der Waals surface area contributed by atoms with Gasteiger partial charge in [0.2, 0.25) is 0 Å². The lowest BCUT2D eigenvalue weighted by atomic mass is 9.69. The predicted molar refractivity (Wildman–Crippen MR) is 64.9 cm³/mol. The van der Waals surface area contributed by atoms with Gasteiger partial charge in [0.1, 0.15) is 0 Å². The lowest BCUT2D eigenvalue weighted by Crippen LogP contribution is -2.51. The fraction of sp³-hybridized carbons (Fsp3) is 0.750. The van der Waals surface area contributed by atoms with Crippen molar-refractivity contribution in [2.75, 3.05) is 0 Å². The standard InChI is InChI=1S/C12H20N2S/c1-9-3-4-10(2)12(13,7-9)8-11-14-5-6-15-11/h5-6,9-10H,3-4,7-8,13H2,1-2H3. The highest BCUT2D eigenvalue weighted by molar-refractivity contribution is 7.09. The summed E-state index contributed by atoms with van der Waals surface area (Å²) in [7, 11) is 0. The van der Waals surface area contributed by atoms with Crippen LogP contribution >= 0.6 is 11.3 Å². The first-order chi connectivity index (χ1) is 7.10. The highest BCUT2D eigenvalue weighted by atomic mass is 32.1. The van der Waals surface area contributed by atoms with Gasteiger partial charge in [-0.05, 0) is 24.7 Å². The lowest BCUT2D eigenvalue weighted by Gasteiger charge is -2.42. The molecule has 84 valence electrons. The van der Waals surface area contributed by atoms with Gasteiger partial charge in [0, 0.05) is 23.5 Å². The normalized spacial score (nSPS) is 36.7. The first-order valence-electron chi connectivity index (χ1n) is 5.77. The van der Waals surface area contributed by atoms with E-state index in [2.05, 4.69) is 18.8 Å². The number of nitrogens with two attached hydrogens (primary N) is 1.